The summed E-state index contributed by atoms with van der Waals surface area (Å²) in [6, 6.07) is 4.96. The Kier molecular flexibility index (Phi) is 5.50. The molecule has 0 saturated heterocycles. The van der Waals surface area contributed by atoms with Crippen molar-refractivity contribution >= 4 is 0 Å². The summed E-state index contributed by atoms with van der Waals surface area (Å²) in [5.41, 5.74) is 3.71. The molecule has 0 fully saturated rings. The van der Waals surface area contributed by atoms with E-state index in [-0.39, 0.29) is 11.5 Å². The van der Waals surface area contributed by atoms with Crippen LogP contribution in [0.2, 0.25) is 0 Å². The van der Waals surface area contributed by atoms with Crippen LogP contribution < -0.4 is 0 Å². The number of benzene rings is 1. The van der Waals surface area contributed by atoms with Gasteiger partial charge in [0.15, 0.2) is 11.5 Å². The summed E-state index contributed by atoms with van der Waals surface area (Å²) >= 11 is 0. The van der Waals surface area contributed by atoms with Gasteiger partial charge in [-0.15, -0.1) is 0 Å². The van der Waals surface area contributed by atoms with Gasteiger partial charge in [0.2, 0.25) is 0 Å². The highest BCUT2D eigenvalue weighted by molar-refractivity contribution is 5.41. The van der Waals surface area contributed by atoms with Crippen LogP contribution in [0.3, 0.4) is 0 Å². The maximum absolute atomic E-state index is 9.39. The molecule has 0 heterocycles. The van der Waals surface area contributed by atoms with Crippen LogP contribution in [0.5, 0.6) is 11.5 Å². The molecule has 0 aliphatic rings. The monoisotopic (exact) mass is 246 g/mol. The second kappa shape index (κ2) is 6.90. The van der Waals surface area contributed by atoms with E-state index >= 15 is 0 Å². The van der Waals surface area contributed by atoms with Gasteiger partial charge < -0.3 is 10.2 Å². The third-order valence-corrected chi connectivity index (χ3v) is 2.82. The van der Waals surface area contributed by atoms with Gasteiger partial charge in [0.25, 0.3) is 0 Å². The lowest BCUT2D eigenvalue weighted by Gasteiger charge is -2.02. The lowest BCUT2D eigenvalue weighted by atomic mass is 10.1. The number of rotatable bonds is 5. The van der Waals surface area contributed by atoms with Crippen molar-refractivity contribution in [3.05, 3.63) is 47.1 Å². The van der Waals surface area contributed by atoms with Crippen molar-refractivity contribution in [3.8, 4) is 11.5 Å². The van der Waals surface area contributed by atoms with Crippen LogP contribution in [-0.4, -0.2) is 10.2 Å². The SMILES string of the molecule is CC(C)=CCCC(C)=CCc1ccc(O)c(O)c1. The molecule has 2 N–H and O–H groups in total. The lowest BCUT2D eigenvalue weighted by molar-refractivity contribution is 0.403. The Labute approximate surface area is 109 Å². The van der Waals surface area contributed by atoms with Gasteiger partial charge in [-0.3, -0.25) is 0 Å². The van der Waals surface area contributed by atoms with E-state index in [1.54, 1.807) is 6.07 Å². The van der Waals surface area contributed by atoms with Crippen molar-refractivity contribution in [2.45, 2.75) is 40.0 Å². The Bertz CT molecular complexity index is 452. The zero-order chi connectivity index (χ0) is 13.5. The zero-order valence-electron chi connectivity index (χ0n) is 11.4. The summed E-state index contributed by atoms with van der Waals surface area (Å²) in [6.07, 6.45) is 7.34. The van der Waals surface area contributed by atoms with Crippen LogP contribution in [-0.2, 0) is 6.42 Å². The standard InChI is InChI=1S/C16H22O2/c1-12(2)5-4-6-13(3)7-8-14-9-10-15(17)16(18)11-14/h5,7,9-11,17-18H,4,6,8H2,1-3H3. The van der Waals surface area contributed by atoms with Crippen molar-refractivity contribution in [1.82, 2.24) is 0 Å². The molecular weight excluding hydrogens is 224 g/mol. The van der Waals surface area contributed by atoms with E-state index in [1.807, 2.05) is 6.07 Å². The summed E-state index contributed by atoms with van der Waals surface area (Å²) in [5.74, 6) is -0.119. The van der Waals surface area contributed by atoms with Crippen molar-refractivity contribution < 1.29 is 10.2 Å². The Morgan fingerprint density at radius 3 is 2.39 bits per heavy atom. The molecular formula is C16H22O2. The van der Waals surface area contributed by atoms with Crippen molar-refractivity contribution in [1.29, 1.82) is 0 Å². The zero-order valence-corrected chi connectivity index (χ0v) is 11.4. The molecule has 2 nitrogen and oxygen atoms in total. The van der Waals surface area contributed by atoms with Crippen LogP contribution in [0.25, 0.3) is 0 Å². The first-order chi connectivity index (χ1) is 8.49. The first kappa shape index (κ1) is 14.4. The summed E-state index contributed by atoms with van der Waals surface area (Å²) in [7, 11) is 0. The Morgan fingerprint density at radius 1 is 1.06 bits per heavy atom. The second-order valence-corrected chi connectivity index (χ2v) is 4.90. The van der Waals surface area contributed by atoms with E-state index in [0.717, 1.165) is 24.8 Å². The summed E-state index contributed by atoms with van der Waals surface area (Å²) in [5, 5.41) is 18.6. The molecule has 2 heteroatoms. The third kappa shape index (κ3) is 5.09. The second-order valence-electron chi connectivity index (χ2n) is 4.90. The minimum atomic E-state index is -0.0667. The average Bonchev–Trinajstić information content (AvgIpc) is 2.30. The minimum Gasteiger partial charge on any atom is -0.504 e. The number of phenolic OH excluding ortho intramolecular Hbond substituents is 2. The van der Waals surface area contributed by atoms with Crippen LogP contribution in [0.4, 0.5) is 0 Å². The fraction of sp³-hybridized carbons (Fsp3) is 0.375. The Balaban J connectivity index is 2.52. The predicted molar refractivity (Wildman–Crippen MR) is 75.9 cm³/mol. The van der Waals surface area contributed by atoms with E-state index in [9.17, 15) is 10.2 Å². The molecule has 0 unspecified atom stereocenters. The third-order valence-electron chi connectivity index (χ3n) is 2.82. The number of aromatic hydroxyl groups is 2. The van der Waals surface area contributed by atoms with Crippen LogP contribution in [0.15, 0.2) is 41.5 Å². The van der Waals surface area contributed by atoms with Gasteiger partial charge in [-0.05, 0) is 57.7 Å². The van der Waals surface area contributed by atoms with Crippen LogP contribution in [0.1, 0.15) is 39.2 Å². The van der Waals surface area contributed by atoms with Gasteiger partial charge in [-0.25, -0.2) is 0 Å². The topological polar surface area (TPSA) is 40.5 Å². The minimum absolute atomic E-state index is 0.0527. The number of hydrogen-bond donors (Lipinski definition) is 2. The van der Waals surface area contributed by atoms with Crippen molar-refractivity contribution in [3.63, 3.8) is 0 Å². The predicted octanol–water partition coefficient (Wildman–Crippen LogP) is 4.33. The van der Waals surface area contributed by atoms with Crippen LogP contribution >= 0.6 is 0 Å². The molecule has 1 rings (SSSR count). The number of hydrogen-bond acceptors (Lipinski definition) is 2. The van der Waals surface area contributed by atoms with Gasteiger partial charge in [0.1, 0.15) is 0 Å². The lowest BCUT2D eigenvalue weighted by Crippen LogP contribution is -1.84. The molecule has 1 aromatic rings. The Morgan fingerprint density at radius 2 is 1.78 bits per heavy atom. The van der Waals surface area contributed by atoms with Crippen LogP contribution in [0, 0.1) is 0 Å². The largest absolute Gasteiger partial charge is 0.504 e. The molecule has 0 bridgehead atoms. The van der Waals surface area contributed by atoms with E-state index in [1.165, 1.54) is 17.2 Å². The summed E-state index contributed by atoms with van der Waals surface area (Å²) in [6.45, 7) is 6.34. The highest BCUT2D eigenvalue weighted by Crippen LogP contribution is 2.25. The Hall–Kier alpha value is -1.70. The average molecular weight is 246 g/mol. The number of allylic oxidation sites excluding steroid dienone is 4. The van der Waals surface area contributed by atoms with Gasteiger partial charge in [-0.1, -0.05) is 29.4 Å². The highest BCUT2D eigenvalue weighted by atomic mass is 16.3. The van der Waals surface area contributed by atoms with Crippen molar-refractivity contribution in [2.75, 3.05) is 0 Å². The maximum atomic E-state index is 9.39. The van der Waals surface area contributed by atoms with Gasteiger partial charge in [0.05, 0.1) is 0 Å². The first-order valence-electron chi connectivity index (χ1n) is 6.29. The van der Waals surface area contributed by atoms with E-state index in [4.69, 9.17) is 0 Å². The van der Waals surface area contributed by atoms with E-state index in [2.05, 4.69) is 32.9 Å². The molecule has 18 heavy (non-hydrogen) atoms. The molecule has 0 aliphatic carbocycles. The van der Waals surface area contributed by atoms with Crippen molar-refractivity contribution in [2.24, 2.45) is 0 Å². The normalized spacial score (nSPS) is 11.4. The quantitative estimate of drug-likeness (QED) is 0.599. The first-order valence-corrected chi connectivity index (χ1v) is 6.29. The van der Waals surface area contributed by atoms with Gasteiger partial charge in [0, 0.05) is 0 Å². The highest BCUT2D eigenvalue weighted by Gasteiger charge is 1.99. The summed E-state index contributed by atoms with van der Waals surface area (Å²) < 4.78 is 0. The molecule has 0 aromatic heterocycles. The fourth-order valence-corrected chi connectivity index (χ4v) is 1.68. The molecule has 98 valence electrons. The molecule has 0 amide bonds. The fourth-order valence-electron chi connectivity index (χ4n) is 1.68. The maximum Gasteiger partial charge on any atom is 0.157 e. The molecule has 0 radical (unpaired) electrons. The van der Waals surface area contributed by atoms with Gasteiger partial charge in [-0.2, -0.15) is 0 Å². The smallest absolute Gasteiger partial charge is 0.157 e. The van der Waals surface area contributed by atoms with E-state index < -0.39 is 0 Å². The molecule has 0 atom stereocenters. The molecule has 0 saturated carbocycles. The molecule has 0 aliphatic heterocycles. The van der Waals surface area contributed by atoms with E-state index in [0.29, 0.717) is 0 Å². The van der Waals surface area contributed by atoms with Gasteiger partial charge >= 0.3 is 0 Å². The number of phenols is 2. The molecule has 0 spiro atoms. The molecule has 1 aromatic carbocycles. The summed E-state index contributed by atoms with van der Waals surface area (Å²) in [4.78, 5) is 0.